The number of carbonyl (C=O) groups is 1. The van der Waals surface area contributed by atoms with Crippen molar-refractivity contribution in [2.45, 2.75) is 24.7 Å². The minimum Gasteiger partial charge on any atom is -0.390 e. The summed E-state index contributed by atoms with van der Waals surface area (Å²) < 4.78 is 0. The summed E-state index contributed by atoms with van der Waals surface area (Å²) >= 11 is 1.37. The quantitative estimate of drug-likeness (QED) is 0.881. The van der Waals surface area contributed by atoms with Crippen molar-refractivity contribution in [1.82, 2.24) is 4.98 Å². The number of pyridine rings is 1. The summed E-state index contributed by atoms with van der Waals surface area (Å²) in [6, 6.07) is 6.20. The molecule has 0 spiro atoms. The van der Waals surface area contributed by atoms with E-state index in [2.05, 4.69) is 11.1 Å². The van der Waals surface area contributed by atoms with Crippen LogP contribution < -0.4 is 11.5 Å². The number of rotatable bonds is 2. The Kier molecular flexibility index (Phi) is 3.15. The predicted molar refractivity (Wildman–Crippen MR) is 80.8 cm³/mol. The summed E-state index contributed by atoms with van der Waals surface area (Å²) in [5.41, 5.74) is 13.1. The van der Waals surface area contributed by atoms with Crippen LogP contribution in [0.25, 0.3) is 0 Å². The number of nitrogens with two attached hydrogens (primary N) is 2. The van der Waals surface area contributed by atoms with Crippen molar-refractivity contribution in [3.8, 4) is 6.07 Å². The van der Waals surface area contributed by atoms with Gasteiger partial charge >= 0.3 is 0 Å². The molecule has 0 bridgehead atoms. The number of nitrogen functional groups attached to an aromatic ring is 1. The number of hydrogen-bond acceptors (Lipinski definition) is 5. The summed E-state index contributed by atoms with van der Waals surface area (Å²) in [7, 11) is 0. The van der Waals surface area contributed by atoms with Crippen LogP contribution in [-0.4, -0.2) is 10.9 Å². The van der Waals surface area contributed by atoms with E-state index in [1.807, 2.05) is 12.1 Å². The first kappa shape index (κ1) is 13.6. The number of nitrogens with zero attached hydrogens (tertiary/aromatic N) is 2. The third-order valence-electron chi connectivity index (χ3n) is 4.08. The van der Waals surface area contributed by atoms with Crippen LogP contribution in [0.3, 0.4) is 0 Å². The maximum absolute atomic E-state index is 11.5. The van der Waals surface area contributed by atoms with Gasteiger partial charge in [-0.2, -0.15) is 5.26 Å². The molecule has 0 aliphatic heterocycles. The molecule has 1 atom stereocenters. The normalized spacial score (nSPS) is 20.5. The van der Waals surface area contributed by atoms with Crippen LogP contribution >= 0.6 is 11.3 Å². The molecule has 5 nitrogen and oxygen atoms in total. The van der Waals surface area contributed by atoms with Gasteiger partial charge in [-0.3, -0.25) is 9.78 Å². The summed E-state index contributed by atoms with van der Waals surface area (Å²) in [5, 5.41) is 10.2. The first-order valence-electron chi connectivity index (χ1n) is 6.59. The van der Waals surface area contributed by atoms with E-state index in [4.69, 9.17) is 11.5 Å². The van der Waals surface area contributed by atoms with E-state index >= 15 is 0 Å². The number of nitriles is 1. The van der Waals surface area contributed by atoms with Gasteiger partial charge in [0, 0.05) is 23.7 Å². The number of fused-ring (bicyclic) bond motifs is 1. The maximum Gasteiger partial charge on any atom is 0.251 e. The van der Waals surface area contributed by atoms with E-state index < -0.39 is 11.3 Å². The lowest BCUT2D eigenvalue weighted by atomic mass is 9.70. The fourth-order valence-corrected chi connectivity index (χ4v) is 4.23. The molecular weight excluding hydrogens is 284 g/mol. The molecule has 6 heteroatoms. The van der Waals surface area contributed by atoms with Crippen LogP contribution in [0.1, 0.15) is 32.8 Å². The molecule has 1 aliphatic rings. The third-order valence-corrected chi connectivity index (χ3v) is 5.14. The molecule has 0 saturated heterocycles. The minimum absolute atomic E-state index is 0.441. The Bertz CT molecular complexity index is 747. The molecule has 0 saturated carbocycles. The topological polar surface area (TPSA) is 106 Å². The van der Waals surface area contributed by atoms with Crippen molar-refractivity contribution < 1.29 is 4.79 Å². The molecule has 1 amide bonds. The lowest BCUT2D eigenvalue weighted by Crippen LogP contribution is -2.32. The second-order valence-corrected chi connectivity index (χ2v) is 6.35. The fourth-order valence-electron chi connectivity index (χ4n) is 2.99. The smallest absolute Gasteiger partial charge is 0.251 e. The molecule has 0 aromatic carbocycles. The van der Waals surface area contributed by atoms with E-state index in [0.717, 1.165) is 16.0 Å². The standard InChI is InChI=1S/C15H14N4OS/c16-8-15(9-2-5-19-6-3-9)4-1-10-11(7-15)21-14(18)12(10)13(17)20/h2-3,5-6H,1,4,7,18H2,(H2,17,20). The van der Waals surface area contributed by atoms with Gasteiger partial charge in [0.05, 0.1) is 22.0 Å². The average Bonchev–Trinajstić information content (AvgIpc) is 2.82. The van der Waals surface area contributed by atoms with Crippen LogP contribution in [-0.2, 0) is 18.3 Å². The van der Waals surface area contributed by atoms with Gasteiger partial charge in [0.15, 0.2) is 0 Å². The molecule has 0 fully saturated rings. The largest absolute Gasteiger partial charge is 0.390 e. The molecule has 2 aromatic heterocycles. The van der Waals surface area contributed by atoms with Gasteiger partial charge in [-0.25, -0.2) is 0 Å². The Morgan fingerprint density at radius 1 is 1.43 bits per heavy atom. The van der Waals surface area contributed by atoms with Crippen molar-refractivity contribution >= 4 is 22.2 Å². The predicted octanol–water partition coefficient (Wildman–Crippen LogP) is 1.77. The Morgan fingerprint density at radius 3 is 2.76 bits per heavy atom. The third kappa shape index (κ3) is 2.06. The maximum atomic E-state index is 11.5. The van der Waals surface area contributed by atoms with Gasteiger partial charge < -0.3 is 11.5 Å². The molecule has 1 aliphatic carbocycles. The lowest BCUT2D eigenvalue weighted by Gasteiger charge is -2.31. The van der Waals surface area contributed by atoms with E-state index in [-0.39, 0.29) is 0 Å². The van der Waals surface area contributed by atoms with Crippen LogP contribution in [0.2, 0.25) is 0 Å². The van der Waals surface area contributed by atoms with Gasteiger partial charge in [-0.05, 0) is 36.1 Å². The van der Waals surface area contributed by atoms with Crippen molar-refractivity contribution in [2.24, 2.45) is 5.73 Å². The highest BCUT2D eigenvalue weighted by atomic mass is 32.1. The van der Waals surface area contributed by atoms with Gasteiger partial charge in [-0.1, -0.05) is 0 Å². The highest BCUT2D eigenvalue weighted by molar-refractivity contribution is 7.16. The zero-order valence-electron chi connectivity index (χ0n) is 11.3. The first-order valence-corrected chi connectivity index (χ1v) is 7.40. The molecule has 2 heterocycles. The number of anilines is 1. The highest BCUT2D eigenvalue weighted by Gasteiger charge is 2.39. The number of primary amides is 1. The molecule has 1 unspecified atom stereocenters. The number of thiophene rings is 1. The van der Waals surface area contributed by atoms with E-state index in [1.165, 1.54) is 11.3 Å². The Balaban J connectivity index is 2.07. The van der Waals surface area contributed by atoms with Gasteiger partial charge in [-0.15, -0.1) is 11.3 Å². The molecule has 4 N–H and O–H groups in total. The van der Waals surface area contributed by atoms with Gasteiger partial charge in [0.2, 0.25) is 0 Å². The van der Waals surface area contributed by atoms with Crippen LogP contribution in [0.5, 0.6) is 0 Å². The zero-order chi connectivity index (χ0) is 15.0. The lowest BCUT2D eigenvalue weighted by molar-refractivity contribution is 0.100. The molecular formula is C15H14N4OS. The zero-order valence-corrected chi connectivity index (χ0v) is 12.1. The molecule has 21 heavy (non-hydrogen) atoms. The number of amides is 1. The van der Waals surface area contributed by atoms with E-state index in [0.29, 0.717) is 29.8 Å². The van der Waals surface area contributed by atoms with E-state index in [1.54, 1.807) is 12.4 Å². The monoisotopic (exact) mass is 298 g/mol. The Morgan fingerprint density at radius 2 is 2.14 bits per heavy atom. The molecule has 2 aromatic rings. The number of hydrogen-bond donors (Lipinski definition) is 2. The van der Waals surface area contributed by atoms with Crippen molar-refractivity contribution in [3.63, 3.8) is 0 Å². The van der Waals surface area contributed by atoms with Crippen molar-refractivity contribution in [1.29, 1.82) is 5.26 Å². The second kappa shape index (κ2) is 4.86. The minimum atomic E-state index is -0.581. The number of aromatic nitrogens is 1. The number of carbonyl (C=O) groups excluding carboxylic acids is 1. The van der Waals surface area contributed by atoms with Crippen molar-refractivity contribution in [3.05, 3.63) is 46.1 Å². The summed E-state index contributed by atoms with van der Waals surface area (Å²) in [6.07, 6.45) is 5.24. The highest BCUT2D eigenvalue weighted by Crippen LogP contribution is 2.44. The molecule has 106 valence electrons. The second-order valence-electron chi connectivity index (χ2n) is 5.21. The first-order chi connectivity index (χ1) is 10.1. The molecule has 3 rings (SSSR count). The van der Waals surface area contributed by atoms with Gasteiger partial charge in [0.1, 0.15) is 0 Å². The SMILES string of the molecule is N#CC1(c2ccncc2)CCc2c(sc(N)c2C(N)=O)C1. The van der Waals surface area contributed by atoms with Crippen LogP contribution in [0, 0.1) is 11.3 Å². The Labute approximate surface area is 126 Å². The van der Waals surface area contributed by atoms with E-state index in [9.17, 15) is 10.1 Å². The van der Waals surface area contributed by atoms with Crippen molar-refractivity contribution in [2.75, 3.05) is 5.73 Å². The average molecular weight is 298 g/mol. The molecule has 0 radical (unpaired) electrons. The van der Waals surface area contributed by atoms with Crippen LogP contribution in [0.4, 0.5) is 5.00 Å². The Hall–Kier alpha value is -2.39. The van der Waals surface area contributed by atoms with Crippen LogP contribution in [0.15, 0.2) is 24.5 Å². The summed E-state index contributed by atoms with van der Waals surface area (Å²) in [5.74, 6) is -0.488. The summed E-state index contributed by atoms with van der Waals surface area (Å²) in [6.45, 7) is 0. The van der Waals surface area contributed by atoms with Gasteiger partial charge in [0.25, 0.3) is 5.91 Å². The summed E-state index contributed by atoms with van der Waals surface area (Å²) in [4.78, 5) is 16.5. The fraction of sp³-hybridized carbons (Fsp3) is 0.267.